The number of halogens is 1. The Labute approximate surface area is 97.2 Å². The molecule has 1 rings (SSSR count). The Morgan fingerprint density at radius 2 is 2.07 bits per heavy atom. The maximum atomic E-state index is 11.7. The molecule has 0 aliphatic carbocycles. The minimum absolute atomic E-state index is 0.258. The summed E-state index contributed by atoms with van der Waals surface area (Å²) in [6.07, 6.45) is 1.48. The minimum atomic E-state index is -0.516. The fourth-order valence-electron chi connectivity index (χ4n) is 0.980. The van der Waals surface area contributed by atoms with E-state index in [-0.39, 0.29) is 5.69 Å². The Morgan fingerprint density at radius 3 is 2.53 bits per heavy atom. The number of aryl methyl sites for hydroxylation is 1. The number of esters is 1. The molecular formula is C10H13BrN2O2. The second kappa shape index (κ2) is 4.26. The first-order valence-electron chi connectivity index (χ1n) is 4.52. The average Bonchev–Trinajstić information content (AvgIpc) is 1.99. The molecular weight excluding hydrogens is 260 g/mol. The highest BCUT2D eigenvalue weighted by molar-refractivity contribution is 9.10. The molecule has 5 heteroatoms. The lowest BCUT2D eigenvalue weighted by Crippen LogP contribution is -2.25. The first-order chi connectivity index (χ1) is 6.79. The predicted molar refractivity (Wildman–Crippen MR) is 59.6 cm³/mol. The van der Waals surface area contributed by atoms with Crippen molar-refractivity contribution in [2.75, 3.05) is 0 Å². The van der Waals surface area contributed by atoms with Crippen molar-refractivity contribution in [2.45, 2.75) is 33.3 Å². The van der Waals surface area contributed by atoms with E-state index in [0.717, 1.165) is 0 Å². The summed E-state index contributed by atoms with van der Waals surface area (Å²) in [7, 11) is 0. The molecule has 0 bridgehead atoms. The van der Waals surface area contributed by atoms with Crippen LogP contribution in [0.3, 0.4) is 0 Å². The lowest BCUT2D eigenvalue weighted by molar-refractivity contribution is 0.00613. The van der Waals surface area contributed by atoms with Crippen molar-refractivity contribution in [2.24, 2.45) is 0 Å². The van der Waals surface area contributed by atoms with Gasteiger partial charge in [0.05, 0.1) is 11.9 Å². The van der Waals surface area contributed by atoms with E-state index in [0.29, 0.717) is 10.3 Å². The zero-order chi connectivity index (χ0) is 11.6. The zero-order valence-electron chi connectivity index (χ0n) is 9.17. The van der Waals surface area contributed by atoms with Crippen LogP contribution in [0.15, 0.2) is 10.8 Å². The molecule has 0 spiro atoms. The lowest BCUT2D eigenvalue weighted by Gasteiger charge is -2.19. The van der Waals surface area contributed by atoms with Crippen LogP contribution in [-0.2, 0) is 4.74 Å². The van der Waals surface area contributed by atoms with E-state index in [9.17, 15) is 4.79 Å². The fraction of sp³-hybridized carbons (Fsp3) is 0.500. The number of ether oxygens (including phenoxy) is 1. The van der Waals surface area contributed by atoms with Crippen LogP contribution in [0.1, 0.15) is 37.0 Å². The maximum Gasteiger partial charge on any atom is 0.359 e. The van der Waals surface area contributed by atoms with E-state index in [1.165, 1.54) is 6.20 Å². The molecule has 15 heavy (non-hydrogen) atoms. The number of carbonyl (C=O) groups excluding carboxylic acids is 1. The van der Waals surface area contributed by atoms with Gasteiger partial charge in [-0.1, -0.05) is 0 Å². The van der Waals surface area contributed by atoms with Gasteiger partial charge in [-0.05, 0) is 43.6 Å². The maximum absolute atomic E-state index is 11.7. The molecule has 0 aromatic carbocycles. The summed E-state index contributed by atoms with van der Waals surface area (Å²) in [4.78, 5) is 19.7. The Hall–Kier alpha value is -0.970. The van der Waals surface area contributed by atoms with Gasteiger partial charge < -0.3 is 4.74 Å². The highest BCUT2D eigenvalue weighted by Crippen LogP contribution is 2.13. The summed E-state index contributed by atoms with van der Waals surface area (Å²) in [6.45, 7) is 7.16. The monoisotopic (exact) mass is 272 g/mol. The number of rotatable bonds is 1. The molecule has 0 amide bonds. The normalized spacial score (nSPS) is 11.3. The van der Waals surface area contributed by atoms with Crippen LogP contribution in [-0.4, -0.2) is 21.5 Å². The first-order valence-corrected chi connectivity index (χ1v) is 5.31. The van der Waals surface area contributed by atoms with Crippen LogP contribution in [0, 0.1) is 6.92 Å². The van der Waals surface area contributed by atoms with Crippen LogP contribution in [0.5, 0.6) is 0 Å². The molecule has 0 aliphatic heterocycles. The molecule has 1 aromatic rings. The third-order valence-corrected chi connectivity index (χ3v) is 1.89. The summed E-state index contributed by atoms with van der Waals surface area (Å²) in [5, 5.41) is 0. The Bertz CT molecular complexity index is 385. The molecule has 0 radical (unpaired) electrons. The van der Waals surface area contributed by atoms with Crippen molar-refractivity contribution >= 4 is 21.9 Å². The average molecular weight is 273 g/mol. The number of hydrogen-bond donors (Lipinski definition) is 0. The highest BCUT2D eigenvalue weighted by atomic mass is 79.9. The standard InChI is InChI=1S/C10H13BrN2O2/c1-6-8(12-5-7(11)13-6)9(14)15-10(2,3)4/h5H,1-4H3. The third-order valence-electron chi connectivity index (χ3n) is 1.51. The second-order valence-electron chi connectivity index (χ2n) is 4.13. The quantitative estimate of drug-likeness (QED) is 0.738. The summed E-state index contributed by atoms with van der Waals surface area (Å²) in [5.41, 5.74) is 0.296. The molecule has 4 nitrogen and oxygen atoms in total. The summed E-state index contributed by atoms with van der Waals surface area (Å²) < 4.78 is 5.79. The molecule has 0 fully saturated rings. The second-order valence-corrected chi connectivity index (χ2v) is 4.94. The number of carbonyl (C=O) groups is 1. The largest absolute Gasteiger partial charge is 0.455 e. The van der Waals surface area contributed by atoms with E-state index < -0.39 is 11.6 Å². The smallest absolute Gasteiger partial charge is 0.359 e. The van der Waals surface area contributed by atoms with Crippen molar-refractivity contribution in [3.8, 4) is 0 Å². The van der Waals surface area contributed by atoms with Gasteiger partial charge >= 0.3 is 5.97 Å². The van der Waals surface area contributed by atoms with Gasteiger partial charge in [-0.3, -0.25) is 0 Å². The Kier molecular flexibility index (Phi) is 3.44. The Balaban J connectivity index is 2.92. The van der Waals surface area contributed by atoms with Crippen molar-refractivity contribution in [3.05, 3.63) is 22.2 Å². The van der Waals surface area contributed by atoms with E-state index in [1.807, 2.05) is 20.8 Å². The number of aromatic nitrogens is 2. The van der Waals surface area contributed by atoms with Gasteiger partial charge in [-0.25, -0.2) is 14.8 Å². The third kappa shape index (κ3) is 3.58. The molecule has 82 valence electrons. The Morgan fingerprint density at radius 1 is 1.47 bits per heavy atom. The topological polar surface area (TPSA) is 52.1 Å². The summed E-state index contributed by atoms with van der Waals surface area (Å²) >= 11 is 3.18. The summed E-state index contributed by atoms with van der Waals surface area (Å²) in [5.74, 6) is -0.444. The van der Waals surface area contributed by atoms with Gasteiger partial charge in [0.15, 0.2) is 5.69 Å². The van der Waals surface area contributed by atoms with Crippen LogP contribution in [0.4, 0.5) is 0 Å². The minimum Gasteiger partial charge on any atom is -0.455 e. The molecule has 1 aromatic heterocycles. The van der Waals surface area contributed by atoms with Gasteiger partial charge in [0, 0.05) is 0 Å². The van der Waals surface area contributed by atoms with E-state index in [2.05, 4.69) is 25.9 Å². The molecule has 0 saturated carbocycles. The van der Waals surface area contributed by atoms with Crippen LogP contribution < -0.4 is 0 Å². The first kappa shape index (κ1) is 12.1. The van der Waals surface area contributed by atoms with Crippen molar-refractivity contribution in [3.63, 3.8) is 0 Å². The van der Waals surface area contributed by atoms with E-state index in [1.54, 1.807) is 6.92 Å². The van der Waals surface area contributed by atoms with Gasteiger partial charge in [0.2, 0.25) is 0 Å². The lowest BCUT2D eigenvalue weighted by atomic mass is 10.2. The van der Waals surface area contributed by atoms with E-state index >= 15 is 0 Å². The number of nitrogens with zero attached hydrogens (tertiary/aromatic N) is 2. The van der Waals surface area contributed by atoms with Crippen molar-refractivity contribution < 1.29 is 9.53 Å². The van der Waals surface area contributed by atoms with Crippen molar-refractivity contribution in [1.29, 1.82) is 0 Å². The highest BCUT2D eigenvalue weighted by Gasteiger charge is 2.20. The van der Waals surface area contributed by atoms with Gasteiger partial charge in [-0.2, -0.15) is 0 Å². The number of hydrogen-bond acceptors (Lipinski definition) is 4. The summed E-state index contributed by atoms with van der Waals surface area (Å²) in [6, 6.07) is 0. The van der Waals surface area contributed by atoms with Gasteiger partial charge in [-0.15, -0.1) is 0 Å². The van der Waals surface area contributed by atoms with Gasteiger partial charge in [0.25, 0.3) is 0 Å². The fourth-order valence-corrected chi connectivity index (χ4v) is 1.35. The van der Waals surface area contributed by atoms with Gasteiger partial charge in [0.1, 0.15) is 10.2 Å². The molecule has 0 N–H and O–H groups in total. The molecule has 0 atom stereocenters. The molecule has 1 heterocycles. The van der Waals surface area contributed by atoms with E-state index in [4.69, 9.17) is 4.74 Å². The van der Waals surface area contributed by atoms with Crippen LogP contribution in [0.2, 0.25) is 0 Å². The van der Waals surface area contributed by atoms with Crippen molar-refractivity contribution in [1.82, 2.24) is 9.97 Å². The van der Waals surface area contributed by atoms with Crippen LogP contribution in [0.25, 0.3) is 0 Å². The van der Waals surface area contributed by atoms with Crippen LogP contribution >= 0.6 is 15.9 Å². The predicted octanol–water partition coefficient (Wildman–Crippen LogP) is 2.50. The SMILES string of the molecule is Cc1nc(Br)cnc1C(=O)OC(C)(C)C. The molecule has 0 unspecified atom stereocenters. The molecule has 0 saturated heterocycles. The molecule has 0 aliphatic rings. The zero-order valence-corrected chi connectivity index (χ0v) is 10.8.